The predicted molar refractivity (Wildman–Crippen MR) is 265 cm³/mol. The van der Waals surface area contributed by atoms with Crippen molar-refractivity contribution >= 4 is 222 Å². The minimum Gasteiger partial charge on any atom is -0.322 e. The summed E-state index contributed by atoms with van der Waals surface area (Å²) in [6, 6.07) is 22.9. The Morgan fingerprint density at radius 1 is 0.278 bits per heavy atom. The van der Waals surface area contributed by atoms with Crippen molar-refractivity contribution in [1.29, 1.82) is 0 Å². The summed E-state index contributed by atoms with van der Waals surface area (Å²) in [4.78, 5) is 65.7. The Morgan fingerprint density at radius 2 is 0.458 bits per heavy atom. The predicted octanol–water partition coefficient (Wildman–Crippen LogP) is 3.80. The normalized spacial score (nSPS) is 11.1. The number of hydrogen-bond donors (Lipinski definition) is 10. The number of anilines is 6. The van der Waals surface area contributed by atoms with Gasteiger partial charge in [-0.05, 0) is 133 Å². The first-order valence-electron chi connectivity index (χ1n) is 18.7. The first kappa shape index (κ1) is 64.2. The van der Waals surface area contributed by atoms with Gasteiger partial charge in [-0.2, -0.15) is 33.7 Å². The summed E-state index contributed by atoms with van der Waals surface area (Å²) < 4.78 is 129. The largest absolute Gasteiger partial charge is 0.323 e. The maximum absolute atomic E-state index is 13.6. The molecule has 0 atom stereocenters. The summed E-state index contributed by atoms with van der Waals surface area (Å²) >= 11 is 0. The average Bonchev–Trinajstić information content (AvgIpc) is 3.25. The summed E-state index contributed by atoms with van der Waals surface area (Å²) in [6.07, 6.45) is 0. The molecule has 0 aliphatic rings. The summed E-state index contributed by atoms with van der Waals surface area (Å²) in [6.45, 7) is 0. The van der Waals surface area contributed by atoms with Gasteiger partial charge in [-0.1, -0.05) is 0 Å². The van der Waals surface area contributed by atoms with Crippen LogP contribution < -0.4 is 31.9 Å². The van der Waals surface area contributed by atoms with Gasteiger partial charge in [0.05, 0.1) is 19.6 Å². The van der Waals surface area contributed by atoms with E-state index in [0.717, 1.165) is 133 Å². The van der Waals surface area contributed by atoms with Crippen molar-refractivity contribution in [3.05, 3.63) is 156 Å². The van der Waals surface area contributed by atoms with E-state index >= 15 is 0 Å². The molecule has 4 radical (unpaired) electrons. The first-order valence-corrected chi connectivity index (χ1v) is 24.4. The second-order valence-electron chi connectivity index (χ2n) is 14.0. The molecule has 6 aromatic carbocycles. The number of amides is 6. The quantitative estimate of drug-likeness (QED) is 0.0547. The number of urea groups is 1. The number of hydrogen-bond acceptors (Lipinski definition) is 13. The van der Waals surface area contributed by atoms with Gasteiger partial charge in [0.2, 0.25) is 0 Å². The molecule has 0 saturated carbocycles. The maximum atomic E-state index is 13.6. The van der Waals surface area contributed by atoms with Gasteiger partial charge in [-0.25, -0.2) is 4.79 Å². The molecule has 0 bridgehead atoms. The molecule has 0 aliphatic carbocycles. The average molecular weight is 1100 g/mol. The number of nitrogens with one attached hydrogen (secondary N) is 6. The standard InChI is InChI=1S/C41H32N6O17S4.4Na/c48-37(42-27-1-9-33(10-2-27)65(53,54)55)23-17-24(38(49)43-28-3-11-34(12-4-28)66(56,57)58)20-31(19-23)46-41(52)47-32-21-25(39(50)44-29-5-13-35(14-6-29)67(59,60)61)18-26(22-32)40(51)45-30-7-15-36(16-8-30)68(62,63)64;;;;/h1-22H,(H,42,48)(H,43,49)(H,44,50)(H,45,51)(H2,46,47,52)(H,53,54,55)(H,56,57,58)(H,59,60,61)(H,62,63,64);;;;. The van der Waals surface area contributed by atoms with Crippen LogP contribution in [0.1, 0.15) is 41.4 Å². The summed E-state index contributed by atoms with van der Waals surface area (Å²) in [5.41, 5.74) is -1.32. The third-order valence-corrected chi connectivity index (χ3v) is 12.5. The fourth-order valence-electron chi connectivity index (χ4n) is 5.87. The van der Waals surface area contributed by atoms with E-state index in [0.29, 0.717) is 0 Å². The van der Waals surface area contributed by atoms with Crippen LogP contribution >= 0.6 is 0 Å². The minimum atomic E-state index is -4.57. The molecule has 6 aromatic rings. The second-order valence-corrected chi connectivity index (χ2v) is 19.7. The Balaban J connectivity index is 0.00000444. The van der Waals surface area contributed by atoms with E-state index in [4.69, 9.17) is 0 Å². The fourth-order valence-corrected chi connectivity index (χ4v) is 7.79. The van der Waals surface area contributed by atoms with Crippen LogP contribution in [0, 0.1) is 0 Å². The van der Waals surface area contributed by atoms with Crippen LogP contribution in [-0.4, -0.2) is 200 Å². The number of carbonyl (C=O) groups excluding carboxylic acids is 5. The first-order chi connectivity index (χ1) is 31.7. The van der Waals surface area contributed by atoms with Gasteiger partial charge in [-0.15, -0.1) is 0 Å². The molecule has 0 unspecified atom stereocenters. The molecule has 356 valence electrons. The van der Waals surface area contributed by atoms with Crippen LogP contribution in [0.2, 0.25) is 0 Å². The van der Waals surface area contributed by atoms with Gasteiger partial charge in [0, 0.05) is 175 Å². The smallest absolute Gasteiger partial charge is 0.322 e. The van der Waals surface area contributed by atoms with Crippen LogP contribution in [0.3, 0.4) is 0 Å². The van der Waals surface area contributed by atoms with Crippen molar-refractivity contribution in [3.63, 3.8) is 0 Å². The SMILES string of the molecule is O=C(Nc1cc(C(=O)Nc2ccc(S(=O)(=O)O)cc2)cc(C(=O)Nc2ccc(S(=O)(=O)O)cc2)c1)Nc1cc(C(=O)Nc2ccc(S(=O)(=O)O)cc2)cc(C(=O)Nc2ccc(S(=O)(=O)O)cc2)c1.[Na].[Na].[Na].[Na]. The van der Waals surface area contributed by atoms with Crippen LogP contribution in [0.4, 0.5) is 38.9 Å². The minimum absolute atomic E-state index is 0. The molecule has 6 amide bonds. The molecule has 31 heteroatoms. The van der Waals surface area contributed by atoms with Crippen molar-refractivity contribution in [3.8, 4) is 0 Å². The van der Waals surface area contributed by atoms with Crippen molar-refractivity contribution in [1.82, 2.24) is 0 Å². The van der Waals surface area contributed by atoms with E-state index in [2.05, 4.69) is 31.9 Å². The third-order valence-electron chi connectivity index (χ3n) is 9.07. The topological polar surface area (TPSA) is 375 Å². The Hall–Kier alpha value is -3.89. The molecular formula is C41H32N6Na4O17S4. The van der Waals surface area contributed by atoms with Gasteiger partial charge in [0.25, 0.3) is 64.1 Å². The molecule has 23 nitrogen and oxygen atoms in total. The van der Waals surface area contributed by atoms with Crippen molar-refractivity contribution < 1.29 is 75.9 Å². The van der Waals surface area contributed by atoms with Crippen LogP contribution in [0.25, 0.3) is 0 Å². The number of carbonyl (C=O) groups is 5. The van der Waals surface area contributed by atoms with E-state index in [1.165, 1.54) is 0 Å². The molecule has 0 saturated heterocycles. The van der Waals surface area contributed by atoms with Crippen LogP contribution in [0.5, 0.6) is 0 Å². The molecular weight excluding hydrogens is 1070 g/mol. The molecule has 0 aliphatic heterocycles. The molecule has 0 heterocycles. The molecule has 0 fully saturated rings. The number of benzene rings is 6. The molecule has 72 heavy (non-hydrogen) atoms. The van der Waals surface area contributed by atoms with Crippen LogP contribution in [-0.2, 0) is 40.5 Å². The van der Waals surface area contributed by atoms with Crippen molar-refractivity contribution in [2.24, 2.45) is 0 Å². The summed E-state index contributed by atoms with van der Waals surface area (Å²) in [7, 11) is -18.3. The van der Waals surface area contributed by atoms with Crippen molar-refractivity contribution in [2.75, 3.05) is 31.9 Å². The zero-order chi connectivity index (χ0) is 49.8. The van der Waals surface area contributed by atoms with Crippen LogP contribution in [0.15, 0.2) is 153 Å². The maximum Gasteiger partial charge on any atom is 0.323 e. The summed E-state index contributed by atoms with van der Waals surface area (Å²) in [5.74, 6) is -3.57. The second kappa shape index (κ2) is 26.5. The zero-order valence-electron chi connectivity index (χ0n) is 37.9. The third kappa shape index (κ3) is 18.2. The van der Waals surface area contributed by atoms with E-state index in [1.54, 1.807) is 0 Å². The van der Waals surface area contributed by atoms with Crippen molar-refractivity contribution in [2.45, 2.75) is 19.6 Å². The molecule has 0 spiro atoms. The van der Waals surface area contributed by atoms with Gasteiger partial charge in [-0.3, -0.25) is 37.4 Å². The fraction of sp³-hybridized carbons (Fsp3) is 0. The Kier molecular flexibility index (Phi) is 23.7. The number of rotatable bonds is 14. The molecule has 10 N–H and O–H groups in total. The molecule has 0 aromatic heterocycles. The van der Waals surface area contributed by atoms with Gasteiger partial charge < -0.3 is 31.9 Å². The van der Waals surface area contributed by atoms with E-state index in [-0.39, 0.29) is 175 Å². The zero-order valence-corrected chi connectivity index (χ0v) is 49.2. The Morgan fingerprint density at radius 3 is 0.625 bits per heavy atom. The monoisotopic (exact) mass is 1100 g/mol. The van der Waals surface area contributed by atoms with Gasteiger partial charge in [0.15, 0.2) is 0 Å². The van der Waals surface area contributed by atoms with E-state index in [9.17, 15) is 75.9 Å². The Labute approximate surface area is 499 Å². The van der Waals surface area contributed by atoms with Gasteiger partial charge in [0.1, 0.15) is 0 Å². The van der Waals surface area contributed by atoms with E-state index < -0.39 is 89.7 Å². The summed E-state index contributed by atoms with van der Waals surface area (Å²) in [5, 5.41) is 14.8. The van der Waals surface area contributed by atoms with E-state index in [1.807, 2.05) is 0 Å². The van der Waals surface area contributed by atoms with Gasteiger partial charge >= 0.3 is 6.03 Å². The molecule has 6 rings (SSSR count). The Bertz CT molecular complexity index is 3040.